The fraction of sp³-hybridized carbons (Fsp3) is 0.130. The summed E-state index contributed by atoms with van der Waals surface area (Å²) in [4.78, 5) is 24.0. The van der Waals surface area contributed by atoms with Crippen molar-refractivity contribution in [3.8, 4) is 0 Å². The Labute approximate surface area is 158 Å². The smallest absolute Gasteiger partial charge is 0.267 e. The third-order valence-corrected chi connectivity index (χ3v) is 4.23. The van der Waals surface area contributed by atoms with Crippen LogP contribution in [0.3, 0.4) is 0 Å². The van der Waals surface area contributed by atoms with Gasteiger partial charge in [0.15, 0.2) is 0 Å². The molecule has 0 atom stereocenters. The topological polar surface area (TPSA) is 58.2 Å². The Morgan fingerprint density at radius 3 is 2.37 bits per heavy atom. The van der Waals surface area contributed by atoms with Crippen LogP contribution < -0.4 is 10.6 Å². The van der Waals surface area contributed by atoms with Gasteiger partial charge >= 0.3 is 0 Å². The maximum atomic E-state index is 12.5. The summed E-state index contributed by atoms with van der Waals surface area (Å²) in [6.07, 6.45) is 2.39. The van der Waals surface area contributed by atoms with Crippen LogP contribution in [0.5, 0.6) is 0 Å². The number of nitrogens with one attached hydrogen (secondary N) is 2. The van der Waals surface area contributed by atoms with E-state index in [0.717, 1.165) is 5.56 Å². The number of amides is 2. The maximum Gasteiger partial charge on any atom is 0.267 e. The zero-order chi connectivity index (χ0) is 19.1. The van der Waals surface area contributed by atoms with Gasteiger partial charge in [0.1, 0.15) is 5.70 Å². The van der Waals surface area contributed by atoms with Gasteiger partial charge in [-0.1, -0.05) is 72.8 Å². The lowest BCUT2D eigenvalue weighted by atomic mass is 10.0. The Hall–Kier alpha value is -3.40. The van der Waals surface area contributed by atoms with Gasteiger partial charge in [0.05, 0.1) is 0 Å². The molecular formula is C23H22N2O2. The van der Waals surface area contributed by atoms with Crippen LogP contribution in [-0.4, -0.2) is 18.4 Å². The average Bonchev–Trinajstić information content (AvgIpc) is 2.68. The molecule has 0 heterocycles. The summed E-state index contributed by atoms with van der Waals surface area (Å²) >= 11 is 0. The van der Waals surface area contributed by atoms with Crippen LogP contribution in [0.25, 0.3) is 16.8 Å². The molecule has 0 aliphatic rings. The number of carbonyl (C=O) groups is 2. The van der Waals surface area contributed by atoms with Crippen LogP contribution in [0.15, 0.2) is 78.5 Å². The zero-order valence-corrected chi connectivity index (χ0v) is 15.2. The number of hydrogen-bond acceptors (Lipinski definition) is 2. The largest absolute Gasteiger partial charge is 0.350 e. The molecular weight excluding hydrogens is 336 g/mol. The molecule has 0 radical (unpaired) electrons. The van der Waals surface area contributed by atoms with Gasteiger partial charge in [0.25, 0.3) is 5.91 Å². The Bertz CT molecular complexity index is 973. The van der Waals surface area contributed by atoms with E-state index in [4.69, 9.17) is 0 Å². The predicted octanol–water partition coefficient (Wildman–Crippen LogP) is 3.68. The number of fused-ring (bicyclic) bond motifs is 1. The van der Waals surface area contributed by atoms with E-state index >= 15 is 0 Å². The molecule has 3 rings (SSSR count). The summed E-state index contributed by atoms with van der Waals surface area (Å²) in [5.41, 5.74) is 2.28. The van der Waals surface area contributed by atoms with E-state index in [1.54, 1.807) is 6.08 Å². The molecule has 2 N–H and O–H groups in total. The van der Waals surface area contributed by atoms with Crippen molar-refractivity contribution >= 4 is 28.7 Å². The van der Waals surface area contributed by atoms with Crippen molar-refractivity contribution in [2.75, 3.05) is 6.54 Å². The second-order valence-corrected chi connectivity index (χ2v) is 6.29. The van der Waals surface area contributed by atoms with Crippen molar-refractivity contribution < 1.29 is 9.59 Å². The SMILES string of the molecule is CC(=O)NC(=Cc1ccccc1)C(=O)NCCc1cccc2ccccc12. The molecule has 0 aliphatic heterocycles. The predicted molar refractivity (Wildman–Crippen MR) is 109 cm³/mol. The van der Waals surface area contributed by atoms with Gasteiger partial charge < -0.3 is 10.6 Å². The van der Waals surface area contributed by atoms with Crippen LogP contribution >= 0.6 is 0 Å². The first-order valence-corrected chi connectivity index (χ1v) is 8.92. The van der Waals surface area contributed by atoms with Crippen molar-refractivity contribution in [2.24, 2.45) is 0 Å². The third-order valence-electron chi connectivity index (χ3n) is 4.23. The molecule has 0 saturated heterocycles. The first-order chi connectivity index (χ1) is 13.1. The number of rotatable bonds is 6. The Kier molecular flexibility index (Phi) is 6.00. The summed E-state index contributed by atoms with van der Waals surface area (Å²) < 4.78 is 0. The molecule has 2 amide bonds. The molecule has 0 bridgehead atoms. The van der Waals surface area contributed by atoms with Gasteiger partial charge in [-0.05, 0) is 34.4 Å². The normalized spacial score (nSPS) is 11.2. The maximum absolute atomic E-state index is 12.5. The molecule has 4 nitrogen and oxygen atoms in total. The Balaban J connectivity index is 1.69. The van der Waals surface area contributed by atoms with Gasteiger partial charge in [-0.15, -0.1) is 0 Å². The monoisotopic (exact) mass is 358 g/mol. The first-order valence-electron chi connectivity index (χ1n) is 8.92. The minimum absolute atomic E-state index is 0.242. The summed E-state index contributed by atoms with van der Waals surface area (Å²) in [7, 11) is 0. The average molecular weight is 358 g/mol. The van der Waals surface area contributed by atoms with E-state index < -0.39 is 0 Å². The molecule has 4 heteroatoms. The van der Waals surface area contributed by atoms with E-state index in [1.165, 1.54) is 23.3 Å². The molecule has 0 aliphatic carbocycles. The fourth-order valence-corrected chi connectivity index (χ4v) is 2.98. The van der Waals surface area contributed by atoms with Crippen LogP contribution in [0.4, 0.5) is 0 Å². The highest BCUT2D eigenvalue weighted by atomic mass is 16.2. The van der Waals surface area contributed by atoms with E-state index in [0.29, 0.717) is 13.0 Å². The van der Waals surface area contributed by atoms with Gasteiger partial charge in [-0.3, -0.25) is 9.59 Å². The van der Waals surface area contributed by atoms with Crippen molar-refractivity contribution in [3.63, 3.8) is 0 Å². The standard InChI is InChI=1S/C23H22N2O2/c1-17(26)25-22(16-18-8-3-2-4-9-18)23(27)24-15-14-20-12-7-11-19-10-5-6-13-21(19)20/h2-13,16H,14-15H2,1H3,(H,24,27)(H,25,26). The number of carbonyl (C=O) groups excluding carboxylic acids is 2. The Morgan fingerprint density at radius 1 is 0.889 bits per heavy atom. The lowest BCUT2D eigenvalue weighted by Gasteiger charge is -2.11. The van der Waals surface area contributed by atoms with Crippen LogP contribution in [0.1, 0.15) is 18.1 Å². The molecule has 0 spiro atoms. The summed E-state index contributed by atoms with van der Waals surface area (Å²) in [6.45, 7) is 1.88. The third kappa shape index (κ3) is 5.05. The van der Waals surface area contributed by atoms with E-state index in [1.807, 2.05) is 48.5 Å². The highest BCUT2D eigenvalue weighted by Gasteiger charge is 2.11. The van der Waals surface area contributed by atoms with Gasteiger partial charge in [0.2, 0.25) is 5.91 Å². The zero-order valence-electron chi connectivity index (χ0n) is 15.2. The molecule has 3 aromatic rings. The van der Waals surface area contributed by atoms with Gasteiger partial charge in [0, 0.05) is 13.5 Å². The lowest BCUT2D eigenvalue weighted by molar-refractivity contribution is -0.122. The molecule has 0 aromatic heterocycles. The van der Waals surface area contributed by atoms with E-state index in [9.17, 15) is 9.59 Å². The fourth-order valence-electron chi connectivity index (χ4n) is 2.98. The van der Waals surface area contributed by atoms with Crippen molar-refractivity contribution in [1.29, 1.82) is 0 Å². The molecule has 0 fully saturated rings. The second kappa shape index (κ2) is 8.81. The highest BCUT2D eigenvalue weighted by molar-refractivity contribution is 6.00. The molecule has 27 heavy (non-hydrogen) atoms. The van der Waals surface area contributed by atoms with Gasteiger partial charge in [-0.25, -0.2) is 0 Å². The Morgan fingerprint density at radius 2 is 1.59 bits per heavy atom. The number of benzene rings is 3. The summed E-state index contributed by atoms with van der Waals surface area (Å²) in [6, 6.07) is 23.8. The quantitative estimate of drug-likeness (QED) is 0.661. The summed E-state index contributed by atoms with van der Waals surface area (Å²) in [5.74, 6) is -0.573. The lowest BCUT2D eigenvalue weighted by Crippen LogP contribution is -2.34. The highest BCUT2D eigenvalue weighted by Crippen LogP contribution is 2.18. The minimum atomic E-state index is -0.297. The van der Waals surface area contributed by atoms with E-state index in [-0.39, 0.29) is 17.5 Å². The van der Waals surface area contributed by atoms with Crippen LogP contribution in [0.2, 0.25) is 0 Å². The minimum Gasteiger partial charge on any atom is -0.350 e. The summed E-state index contributed by atoms with van der Waals surface area (Å²) in [5, 5.41) is 7.89. The van der Waals surface area contributed by atoms with E-state index in [2.05, 4.69) is 34.9 Å². The molecule has 3 aromatic carbocycles. The van der Waals surface area contributed by atoms with Gasteiger partial charge in [-0.2, -0.15) is 0 Å². The molecule has 136 valence electrons. The van der Waals surface area contributed by atoms with Crippen LogP contribution in [-0.2, 0) is 16.0 Å². The molecule has 0 saturated carbocycles. The molecule has 0 unspecified atom stereocenters. The second-order valence-electron chi connectivity index (χ2n) is 6.29. The van der Waals surface area contributed by atoms with Crippen LogP contribution in [0, 0.1) is 0 Å². The van der Waals surface area contributed by atoms with Crippen molar-refractivity contribution in [2.45, 2.75) is 13.3 Å². The van der Waals surface area contributed by atoms with Crippen molar-refractivity contribution in [3.05, 3.63) is 89.6 Å². The first kappa shape index (κ1) is 18.4. The number of hydrogen-bond donors (Lipinski definition) is 2. The van der Waals surface area contributed by atoms with Crippen molar-refractivity contribution in [1.82, 2.24) is 10.6 Å².